The summed E-state index contributed by atoms with van der Waals surface area (Å²) in [5.74, 6) is 0.636. The second kappa shape index (κ2) is 6.87. The van der Waals surface area contributed by atoms with Crippen LogP contribution in [0.15, 0.2) is 46.7 Å². The fourth-order valence-electron chi connectivity index (χ4n) is 1.42. The first-order valence-corrected chi connectivity index (χ1v) is 6.99. The summed E-state index contributed by atoms with van der Waals surface area (Å²) in [6.07, 6.45) is 3.76. The van der Waals surface area contributed by atoms with E-state index in [1.54, 1.807) is 11.8 Å². The highest BCUT2D eigenvalue weighted by atomic mass is 32.2. The van der Waals surface area contributed by atoms with E-state index in [0.29, 0.717) is 5.92 Å². The molecule has 0 aromatic heterocycles. The fraction of sp³-hybridized carbons (Fsp3) is 0.467. The molecule has 1 atom stereocenters. The van der Waals surface area contributed by atoms with Crippen molar-refractivity contribution in [3.05, 3.63) is 41.8 Å². The lowest BCUT2D eigenvalue weighted by Gasteiger charge is -2.19. The van der Waals surface area contributed by atoms with Crippen molar-refractivity contribution in [3.63, 3.8) is 0 Å². The van der Waals surface area contributed by atoms with Crippen molar-refractivity contribution >= 4 is 11.8 Å². The monoisotopic (exact) mass is 250 g/mol. The first-order valence-electron chi connectivity index (χ1n) is 6.11. The Hall–Kier alpha value is -0.730. The molecule has 0 spiro atoms. The van der Waals surface area contributed by atoms with Gasteiger partial charge in [-0.1, -0.05) is 43.8 Å². The summed E-state index contributed by atoms with van der Waals surface area (Å²) in [5.41, 5.74) is -0.688. The molecular weight excluding hydrogens is 228 g/mol. The molecule has 1 aromatic carbocycles. The van der Waals surface area contributed by atoms with Crippen molar-refractivity contribution in [2.45, 2.75) is 44.1 Å². The van der Waals surface area contributed by atoms with Crippen LogP contribution in [-0.4, -0.2) is 10.7 Å². The van der Waals surface area contributed by atoms with Crippen molar-refractivity contribution in [1.82, 2.24) is 0 Å². The lowest BCUT2D eigenvalue weighted by Crippen LogP contribution is -2.20. The summed E-state index contributed by atoms with van der Waals surface area (Å²) >= 11 is 1.64. The zero-order valence-corrected chi connectivity index (χ0v) is 11.7. The van der Waals surface area contributed by atoms with Gasteiger partial charge in [-0.15, -0.1) is 0 Å². The normalized spacial score (nSPS) is 15.4. The third kappa shape index (κ3) is 6.54. The molecule has 0 bridgehead atoms. The van der Waals surface area contributed by atoms with Gasteiger partial charge in [-0.25, -0.2) is 0 Å². The van der Waals surface area contributed by atoms with Crippen LogP contribution in [-0.2, 0) is 0 Å². The molecule has 1 rings (SSSR count). The van der Waals surface area contributed by atoms with Gasteiger partial charge in [-0.2, -0.15) is 0 Å². The van der Waals surface area contributed by atoms with Gasteiger partial charge >= 0.3 is 0 Å². The van der Waals surface area contributed by atoms with Crippen LogP contribution in [0.3, 0.4) is 0 Å². The first-order chi connectivity index (χ1) is 7.99. The quantitative estimate of drug-likeness (QED) is 0.751. The summed E-state index contributed by atoms with van der Waals surface area (Å²) < 4.78 is 0. The van der Waals surface area contributed by atoms with E-state index < -0.39 is 5.60 Å². The summed E-state index contributed by atoms with van der Waals surface area (Å²) in [6.45, 7) is 6.23. The van der Waals surface area contributed by atoms with Crippen molar-refractivity contribution in [1.29, 1.82) is 0 Å². The minimum atomic E-state index is -0.688. The Labute approximate surface area is 109 Å². The molecule has 1 aromatic rings. The van der Waals surface area contributed by atoms with Crippen LogP contribution in [0.4, 0.5) is 0 Å². The molecule has 94 valence electrons. The number of hydrogen-bond acceptors (Lipinski definition) is 2. The molecule has 0 aliphatic heterocycles. The summed E-state index contributed by atoms with van der Waals surface area (Å²) in [7, 11) is 0. The second-order valence-electron chi connectivity index (χ2n) is 5.02. The molecule has 0 aliphatic carbocycles. The van der Waals surface area contributed by atoms with E-state index in [1.165, 1.54) is 4.90 Å². The predicted octanol–water partition coefficient (Wildman–Crippen LogP) is 4.48. The predicted molar refractivity (Wildman–Crippen MR) is 76.1 cm³/mol. The Bertz CT molecular complexity index is 341. The van der Waals surface area contributed by atoms with Crippen LogP contribution >= 0.6 is 11.8 Å². The molecular formula is C15H22OS. The maximum atomic E-state index is 10.1. The Balaban J connectivity index is 2.41. The van der Waals surface area contributed by atoms with Crippen LogP contribution in [0.25, 0.3) is 0 Å². The van der Waals surface area contributed by atoms with Crippen molar-refractivity contribution < 1.29 is 5.11 Å². The smallest absolute Gasteiger partial charge is 0.0807 e. The molecule has 0 saturated carbocycles. The van der Waals surface area contributed by atoms with E-state index in [9.17, 15) is 5.11 Å². The number of thioether (sulfide) groups is 1. The molecule has 0 saturated heterocycles. The van der Waals surface area contributed by atoms with Crippen molar-refractivity contribution in [2.24, 2.45) is 5.92 Å². The summed E-state index contributed by atoms with van der Waals surface area (Å²) in [4.78, 5) is 1.20. The van der Waals surface area contributed by atoms with Crippen molar-refractivity contribution in [2.75, 3.05) is 0 Å². The molecule has 0 amide bonds. The van der Waals surface area contributed by atoms with Crippen LogP contribution in [0, 0.1) is 5.92 Å². The Morgan fingerprint density at radius 1 is 1.29 bits per heavy atom. The zero-order valence-electron chi connectivity index (χ0n) is 10.9. The topological polar surface area (TPSA) is 20.2 Å². The number of hydrogen-bond donors (Lipinski definition) is 1. The molecule has 17 heavy (non-hydrogen) atoms. The average Bonchev–Trinajstić information content (AvgIpc) is 2.28. The molecule has 0 heterocycles. The summed E-state index contributed by atoms with van der Waals surface area (Å²) in [6, 6.07) is 10.2. The molecule has 2 heteroatoms. The minimum absolute atomic E-state index is 0.636. The SMILES string of the molecule is CC(C)CCC(C)(O)/C=C/Sc1ccccc1. The van der Waals surface area contributed by atoms with E-state index in [1.807, 2.05) is 36.6 Å². The third-order valence-corrected chi connectivity index (χ3v) is 3.42. The second-order valence-corrected chi connectivity index (χ2v) is 6.00. The third-order valence-electron chi connectivity index (χ3n) is 2.60. The van der Waals surface area contributed by atoms with Gasteiger partial charge in [0.2, 0.25) is 0 Å². The minimum Gasteiger partial charge on any atom is -0.386 e. The first kappa shape index (κ1) is 14.3. The van der Waals surface area contributed by atoms with Crippen LogP contribution in [0.1, 0.15) is 33.6 Å². The standard InChI is InChI=1S/C15H22OS/c1-13(2)9-10-15(3,16)11-12-17-14-7-5-4-6-8-14/h4-8,11-13,16H,9-10H2,1-3H3/b12-11+. The van der Waals surface area contributed by atoms with Gasteiger partial charge in [0.25, 0.3) is 0 Å². The maximum Gasteiger partial charge on any atom is 0.0807 e. The maximum absolute atomic E-state index is 10.1. The van der Waals surface area contributed by atoms with Gasteiger partial charge in [0.05, 0.1) is 5.60 Å². The Morgan fingerprint density at radius 2 is 1.94 bits per heavy atom. The summed E-state index contributed by atoms with van der Waals surface area (Å²) in [5, 5.41) is 12.1. The number of rotatable bonds is 6. The van der Waals surface area contributed by atoms with Crippen LogP contribution in [0.2, 0.25) is 0 Å². The number of aliphatic hydroxyl groups is 1. The fourth-order valence-corrected chi connectivity index (χ4v) is 2.26. The molecule has 0 aliphatic rings. The van der Waals surface area contributed by atoms with Gasteiger partial charge in [0.15, 0.2) is 0 Å². The highest BCUT2D eigenvalue weighted by molar-refractivity contribution is 8.02. The van der Waals surface area contributed by atoms with E-state index in [-0.39, 0.29) is 0 Å². The van der Waals surface area contributed by atoms with Crippen molar-refractivity contribution in [3.8, 4) is 0 Å². The Morgan fingerprint density at radius 3 is 2.53 bits per heavy atom. The number of benzene rings is 1. The molecule has 0 fully saturated rings. The lowest BCUT2D eigenvalue weighted by molar-refractivity contribution is 0.0954. The van der Waals surface area contributed by atoms with Gasteiger partial charge < -0.3 is 5.11 Å². The van der Waals surface area contributed by atoms with E-state index in [4.69, 9.17) is 0 Å². The van der Waals surface area contributed by atoms with E-state index in [0.717, 1.165) is 12.8 Å². The zero-order chi connectivity index (χ0) is 12.7. The average molecular weight is 250 g/mol. The highest BCUT2D eigenvalue weighted by Gasteiger charge is 2.16. The van der Waals surface area contributed by atoms with E-state index >= 15 is 0 Å². The van der Waals surface area contributed by atoms with Gasteiger partial charge in [0, 0.05) is 4.90 Å². The molecule has 1 unspecified atom stereocenters. The molecule has 0 radical (unpaired) electrons. The van der Waals surface area contributed by atoms with Crippen LogP contribution in [0.5, 0.6) is 0 Å². The largest absolute Gasteiger partial charge is 0.386 e. The van der Waals surface area contributed by atoms with Gasteiger partial charge in [-0.05, 0) is 49.3 Å². The highest BCUT2D eigenvalue weighted by Crippen LogP contribution is 2.23. The van der Waals surface area contributed by atoms with E-state index in [2.05, 4.69) is 26.0 Å². The van der Waals surface area contributed by atoms with Gasteiger partial charge in [-0.3, -0.25) is 0 Å². The lowest BCUT2D eigenvalue weighted by atomic mass is 9.96. The van der Waals surface area contributed by atoms with Gasteiger partial charge in [0.1, 0.15) is 0 Å². The Kier molecular flexibility index (Phi) is 5.79. The van der Waals surface area contributed by atoms with Crippen LogP contribution < -0.4 is 0 Å². The molecule has 1 nitrogen and oxygen atoms in total. The molecule has 1 N–H and O–H groups in total.